The van der Waals surface area contributed by atoms with E-state index in [4.69, 9.17) is 0 Å². The van der Waals surface area contributed by atoms with Gasteiger partial charge in [-0.05, 0) is 0 Å². The Morgan fingerprint density at radius 2 is 1.81 bits per heavy atom. The first-order valence-electron chi connectivity index (χ1n) is 5.72. The van der Waals surface area contributed by atoms with Crippen molar-refractivity contribution in [3.8, 4) is 11.3 Å². The Bertz CT molecular complexity index is 754. The van der Waals surface area contributed by atoms with E-state index in [1.807, 2.05) is 0 Å². The highest BCUT2D eigenvalue weighted by Crippen LogP contribution is 2.29. The summed E-state index contributed by atoms with van der Waals surface area (Å²) in [6, 6.07) is 8.45. The van der Waals surface area contributed by atoms with Gasteiger partial charge in [-0.25, -0.2) is 12.8 Å². The average Bonchev–Trinajstić information content (AvgIpc) is 2.96. The number of nitrogens with zero attached hydrogens (tertiary/aromatic N) is 2. The van der Waals surface area contributed by atoms with Gasteiger partial charge in [0.25, 0.3) is 0 Å². The number of hydrogen-bond acceptors (Lipinski definition) is 5. The highest BCUT2D eigenvalue weighted by Gasteiger charge is 2.25. The second-order valence-corrected chi connectivity index (χ2v) is 7.07. The first-order valence-corrected chi connectivity index (χ1v) is 8.14. The van der Waals surface area contributed by atoms with Crippen LogP contribution in [0.15, 0.2) is 46.4 Å². The molecule has 0 aliphatic heterocycles. The standard InChI is InChI=1S/C12H9F3N2O2S2/c13-9(11(14)15)6-7-21(18,19)12-10(16-17-20-12)8-4-2-1-3-5-8/h1-5H,6-7H2. The van der Waals surface area contributed by atoms with Crippen molar-refractivity contribution in [2.75, 3.05) is 5.75 Å². The minimum atomic E-state index is -3.94. The molecule has 2 rings (SSSR count). The van der Waals surface area contributed by atoms with Crippen LogP contribution in [0.3, 0.4) is 0 Å². The fourth-order valence-electron chi connectivity index (χ4n) is 1.57. The van der Waals surface area contributed by atoms with Crippen LogP contribution >= 0.6 is 11.5 Å². The molecule has 0 N–H and O–H groups in total. The molecule has 0 unspecified atom stereocenters. The zero-order valence-corrected chi connectivity index (χ0v) is 12.1. The molecule has 0 saturated heterocycles. The van der Waals surface area contributed by atoms with Crippen LogP contribution in [0.4, 0.5) is 13.2 Å². The first-order chi connectivity index (χ1) is 9.92. The van der Waals surface area contributed by atoms with Crippen LogP contribution in [-0.2, 0) is 9.84 Å². The van der Waals surface area contributed by atoms with Crippen LogP contribution in [0, 0.1) is 0 Å². The lowest BCUT2D eigenvalue weighted by Crippen LogP contribution is -2.07. The Labute approximate surface area is 123 Å². The Morgan fingerprint density at radius 3 is 2.43 bits per heavy atom. The minimum Gasteiger partial charge on any atom is -0.223 e. The number of allylic oxidation sites excluding steroid dienone is 1. The lowest BCUT2D eigenvalue weighted by molar-refractivity contribution is 0.373. The lowest BCUT2D eigenvalue weighted by Gasteiger charge is -2.03. The van der Waals surface area contributed by atoms with Crippen molar-refractivity contribution >= 4 is 21.4 Å². The maximum absolute atomic E-state index is 12.8. The number of rotatable bonds is 5. The van der Waals surface area contributed by atoms with Crippen molar-refractivity contribution in [2.45, 2.75) is 10.6 Å². The first kappa shape index (κ1) is 15.6. The van der Waals surface area contributed by atoms with Crippen molar-refractivity contribution in [3.05, 3.63) is 42.2 Å². The molecule has 0 spiro atoms. The van der Waals surface area contributed by atoms with E-state index in [-0.39, 0.29) is 9.90 Å². The second-order valence-electron chi connectivity index (χ2n) is 4.01. The van der Waals surface area contributed by atoms with Crippen LogP contribution in [0.1, 0.15) is 6.42 Å². The van der Waals surface area contributed by atoms with Crippen LogP contribution in [0.25, 0.3) is 11.3 Å². The molecule has 1 aromatic carbocycles. The molecule has 0 aliphatic carbocycles. The molecule has 0 saturated carbocycles. The van der Waals surface area contributed by atoms with Crippen LogP contribution in [-0.4, -0.2) is 23.8 Å². The molecule has 1 aromatic heterocycles. The molecule has 21 heavy (non-hydrogen) atoms. The van der Waals surface area contributed by atoms with Crippen LogP contribution < -0.4 is 0 Å². The smallest absolute Gasteiger partial charge is 0.223 e. The van der Waals surface area contributed by atoms with Crippen molar-refractivity contribution < 1.29 is 21.6 Å². The van der Waals surface area contributed by atoms with E-state index >= 15 is 0 Å². The van der Waals surface area contributed by atoms with Crippen molar-refractivity contribution in [3.63, 3.8) is 0 Å². The molecule has 0 amide bonds. The Kier molecular flexibility index (Phi) is 4.73. The Morgan fingerprint density at radius 1 is 1.14 bits per heavy atom. The van der Waals surface area contributed by atoms with Crippen LogP contribution in [0.2, 0.25) is 0 Å². The summed E-state index contributed by atoms with van der Waals surface area (Å²) in [5.41, 5.74) is 0.684. The van der Waals surface area contributed by atoms with Crippen molar-refractivity contribution in [1.29, 1.82) is 0 Å². The summed E-state index contributed by atoms with van der Waals surface area (Å²) in [7, 11) is -3.94. The Hall–Kier alpha value is -1.74. The number of hydrogen-bond donors (Lipinski definition) is 0. The quantitative estimate of drug-likeness (QED) is 0.840. The molecule has 4 nitrogen and oxygen atoms in total. The number of aromatic nitrogens is 2. The molecule has 112 valence electrons. The van der Waals surface area contributed by atoms with E-state index in [0.29, 0.717) is 17.1 Å². The maximum Gasteiger partial charge on any atom is 0.301 e. The molecule has 9 heteroatoms. The summed E-state index contributed by atoms with van der Waals surface area (Å²) in [5, 5.41) is 3.75. The average molecular weight is 334 g/mol. The van der Waals surface area contributed by atoms with E-state index in [2.05, 4.69) is 9.59 Å². The van der Waals surface area contributed by atoms with Crippen molar-refractivity contribution in [1.82, 2.24) is 9.59 Å². The third kappa shape index (κ3) is 3.67. The van der Waals surface area contributed by atoms with Gasteiger partial charge in [-0.1, -0.05) is 34.8 Å². The Balaban J connectivity index is 2.31. The summed E-state index contributed by atoms with van der Waals surface area (Å²) >= 11 is 0.636. The monoisotopic (exact) mass is 334 g/mol. The normalized spacial score (nSPS) is 11.4. The van der Waals surface area contributed by atoms with Gasteiger partial charge in [0.15, 0.2) is 19.9 Å². The summed E-state index contributed by atoms with van der Waals surface area (Å²) in [6.45, 7) is 0. The molecular formula is C12H9F3N2O2S2. The molecular weight excluding hydrogens is 325 g/mol. The molecule has 0 radical (unpaired) electrons. The van der Waals surface area contributed by atoms with Gasteiger partial charge in [-0.15, -0.1) is 5.10 Å². The highest BCUT2D eigenvalue weighted by molar-refractivity contribution is 7.93. The van der Waals surface area contributed by atoms with E-state index in [0.717, 1.165) is 0 Å². The third-order valence-corrected chi connectivity index (χ3v) is 5.59. The summed E-state index contributed by atoms with van der Waals surface area (Å²) < 4.78 is 64.4. The fourth-order valence-corrected chi connectivity index (χ4v) is 3.90. The van der Waals surface area contributed by atoms with Gasteiger partial charge < -0.3 is 0 Å². The van der Waals surface area contributed by atoms with Gasteiger partial charge >= 0.3 is 6.08 Å². The molecule has 0 fully saturated rings. The lowest BCUT2D eigenvalue weighted by atomic mass is 10.2. The van der Waals surface area contributed by atoms with Gasteiger partial charge in [0.05, 0.1) is 5.75 Å². The third-order valence-electron chi connectivity index (χ3n) is 2.58. The zero-order valence-electron chi connectivity index (χ0n) is 10.5. The summed E-state index contributed by atoms with van der Waals surface area (Å²) in [5.74, 6) is -2.49. The van der Waals surface area contributed by atoms with Crippen LogP contribution in [0.5, 0.6) is 0 Å². The fraction of sp³-hybridized carbons (Fsp3) is 0.167. The predicted octanol–water partition coefficient (Wildman–Crippen LogP) is 3.45. The van der Waals surface area contributed by atoms with Gasteiger partial charge in [0, 0.05) is 23.5 Å². The van der Waals surface area contributed by atoms with Gasteiger partial charge in [0.2, 0.25) is 0 Å². The molecule has 2 aromatic rings. The number of sulfone groups is 1. The van der Waals surface area contributed by atoms with E-state index in [1.54, 1.807) is 30.3 Å². The molecule has 1 heterocycles. The molecule has 0 aliphatic rings. The summed E-state index contributed by atoms with van der Waals surface area (Å²) in [6.07, 6.45) is -3.38. The number of halogens is 3. The predicted molar refractivity (Wildman–Crippen MR) is 72.4 cm³/mol. The van der Waals surface area contributed by atoms with Gasteiger partial charge in [0.1, 0.15) is 5.69 Å². The van der Waals surface area contributed by atoms with Gasteiger partial charge in [-0.3, -0.25) is 0 Å². The molecule has 0 atom stereocenters. The van der Waals surface area contributed by atoms with Gasteiger partial charge in [-0.2, -0.15) is 8.78 Å². The largest absolute Gasteiger partial charge is 0.301 e. The minimum absolute atomic E-state index is 0.144. The molecule has 0 bridgehead atoms. The zero-order chi connectivity index (χ0) is 15.5. The van der Waals surface area contributed by atoms with E-state index in [1.165, 1.54) is 0 Å². The second kappa shape index (κ2) is 6.35. The SMILES string of the molecule is O=S(=O)(CCC(F)=C(F)F)c1snnc1-c1ccccc1. The van der Waals surface area contributed by atoms with Crippen molar-refractivity contribution in [2.24, 2.45) is 0 Å². The topological polar surface area (TPSA) is 59.9 Å². The van der Waals surface area contributed by atoms with E-state index < -0.39 is 33.9 Å². The maximum atomic E-state index is 12.8. The summed E-state index contributed by atoms with van der Waals surface area (Å²) in [4.78, 5) is 0. The van der Waals surface area contributed by atoms with E-state index in [9.17, 15) is 21.6 Å². The highest BCUT2D eigenvalue weighted by atomic mass is 32.2. The number of benzene rings is 1.